The molecule has 0 aliphatic heterocycles. The summed E-state index contributed by atoms with van der Waals surface area (Å²) in [5, 5.41) is 10.7. The van der Waals surface area contributed by atoms with Crippen molar-refractivity contribution >= 4 is 35.6 Å². The van der Waals surface area contributed by atoms with E-state index in [1.165, 1.54) is 0 Å². The Labute approximate surface area is 165 Å². The first kappa shape index (κ1) is 21.1. The molecule has 0 amide bonds. The van der Waals surface area contributed by atoms with Crippen LogP contribution in [0, 0.1) is 0 Å². The SMILES string of the molecule is CCNC(=NCc1cnn(C)c1)Nc1ccc(OC)c(OCC)c1.I. The fraction of sp³-hybridized carbons (Fsp3) is 0.412. The van der Waals surface area contributed by atoms with E-state index in [9.17, 15) is 0 Å². The summed E-state index contributed by atoms with van der Waals surface area (Å²) in [5.41, 5.74) is 1.93. The lowest BCUT2D eigenvalue weighted by atomic mass is 10.2. The van der Waals surface area contributed by atoms with E-state index in [1.54, 1.807) is 11.8 Å². The molecule has 0 aliphatic carbocycles. The van der Waals surface area contributed by atoms with Crippen LogP contribution in [0.3, 0.4) is 0 Å². The minimum atomic E-state index is 0. The molecule has 0 spiro atoms. The van der Waals surface area contributed by atoms with Gasteiger partial charge in [-0.05, 0) is 26.0 Å². The number of nitrogens with one attached hydrogen (secondary N) is 2. The first-order chi connectivity index (χ1) is 11.7. The van der Waals surface area contributed by atoms with Crippen LogP contribution in [0.4, 0.5) is 5.69 Å². The molecule has 2 rings (SSSR count). The molecule has 0 aliphatic rings. The van der Waals surface area contributed by atoms with Gasteiger partial charge in [0.2, 0.25) is 0 Å². The Bertz CT molecular complexity index is 687. The van der Waals surface area contributed by atoms with E-state index < -0.39 is 0 Å². The molecule has 1 aromatic carbocycles. The molecule has 8 heteroatoms. The van der Waals surface area contributed by atoms with Crippen LogP contribution in [0.5, 0.6) is 11.5 Å². The van der Waals surface area contributed by atoms with E-state index in [0.29, 0.717) is 30.6 Å². The number of halogens is 1. The summed E-state index contributed by atoms with van der Waals surface area (Å²) in [4.78, 5) is 4.58. The average molecular weight is 459 g/mol. The Morgan fingerprint density at radius 3 is 2.68 bits per heavy atom. The number of guanidine groups is 1. The molecule has 0 fully saturated rings. The lowest BCUT2D eigenvalue weighted by molar-refractivity contribution is 0.311. The molecule has 2 N–H and O–H groups in total. The van der Waals surface area contributed by atoms with Crippen LogP contribution in [-0.2, 0) is 13.6 Å². The number of hydrogen-bond acceptors (Lipinski definition) is 4. The Morgan fingerprint density at radius 2 is 2.08 bits per heavy atom. The number of hydrogen-bond donors (Lipinski definition) is 2. The second-order valence-corrected chi connectivity index (χ2v) is 5.14. The number of methoxy groups -OCH3 is 1. The summed E-state index contributed by atoms with van der Waals surface area (Å²) in [6.45, 7) is 5.87. The highest BCUT2D eigenvalue weighted by Crippen LogP contribution is 2.30. The van der Waals surface area contributed by atoms with Gasteiger partial charge in [-0.1, -0.05) is 0 Å². The fourth-order valence-electron chi connectivity index (χ4n) is 2.19. The molecular formula is C17H26IN5O2. The van der Waals surface area contributed by atoms with Gasteiger partial charge in [0.25, 0.3) is 0 Å². The summed E-state index contributed by atoms with van der Waals surface area (Å²) in [5.74, 6) is 2.11. The standard InChI is InChI=1S/C17H25N5O2.HI/c1-5-18-17(19-10-13-11-20-22(3)12-13)21-14-7-8-15(23-4)16(9-14)24-6-2;/h7-9,11-12H,5-6,10H2,1-4H3,(H2,18,19,21);1H. The summed E-state index contributed by atoms with van der Waals surface area (Å²) < 4.78 is 12.7. The van der Waals surface area contributed by atoms with Crippen LogP contribution >= 0.6 is 24.0 Å². The molecule has 0 unspecified atom stereocenters. The van der Waals surface area contributed by atoms with Crippen molar-refractivity contribution < 1.29 is 9.47 Å². The van der Waals surface area contributed by atoms with Gasteiger partial charge in [-0.25, -0.2) is 4.99 Å². The normalized spacial score (nSPS) is 10.8. The third-order valence-electron chi connectivity index (χ3n) is 3.25. The van der Waals surface area contributed by atoms with Crippen LogP contribution < -0.4 is 20.1 Å². The van der Waals surface area contributed by atoms with Gasteiger partial charge in [0.05, 0.1) is 26.5 Å². The molecule has 1 aromatic heterocycles. The van der Waals surface area contributed by atoms with Gasteiger partial charge < -0.3 is 20.1 Å². The van der Waals surface area contributed by atoms with E-state index in [1.807, 2.05) is 51.5 Å². The van der Waals surface area contributed by atoms with Gasteiger partial charge in [-0.3, -0.25) is 4.68 Å². The zero-order chi connectivity index (χ0) is 17.4. The van der Waals surface area contributed by atoms with E-state index in [0.717, 1.165) is 17.8 Å². The predicted molar refractivity (Wildman–Crippen MR) is 111 cm³/mol. The van der Waals surface area contributed by atoms with Crippen molar-refractivity contribution in [2.45, 2.75) is 20.4 Å². The highest BCUT2D eigenvalue weighted by atomic mass is 127. The summed E-state index contributed by atoms with van der Waals surface area (Å²) in [6.07, 6.45) is 3.77. The minimum absolute atomic E-state index is 0. The molecule has 1 heterocycles. The highest BCUT2D eigenvalue weighted by Gasteiger charge is 2.07. The second-order valence-electron chi connectivity index (χ2n) is 5.14. The smallest absolute Gasteiger partial charge is 0.196 e. The van der Waals surface area contributed by atoms with Crippen molar-refractivity contribution in [3.05, 3.63) is 36.2 Å². The van der Waals surface area contributed by atoms with Crippen LogP contribution in [0.15, 0.2) is 35.6 Å². The van der Waals surface area contributed by atoms with E-state index in [4.69, 9.17) is 9.47 Å². The van der Waals surface area contributed by atoms with E-state index in [2.05, 4.69) is 20.7 Å². The molecule has 2 aromatic rings. The Hall–Kier alpha value is -1.97. The van der Waals surface area contributed by atoms with Crippen molar-refractivity contribution in [2.75, 3.05) is 25.6 Å². The van der Waals surface area contributed by atoms with Crippen molar-refractivity contribution in [1.82, 2.24) is 15.1 Å². The summed E-state index contributed by atoms with van der Waals surface area (Å²) in [6, 6.07) is 5.70. The summed E-state index contributed by atoms with van der Waals surface area (Å²) >= 11 is 0. The predicted octanol–water partition coefficient (Wildman–Crippen LogP) is 3.02. The number of aliphatic imine (C=N–C) groups is 1. The van der Waals surface area contributed by atoms with Gasteiger partial charge in [0, 0.05) is 37.1 Å². The Morgan fingerprint density at radius 1 is 1.28 bits per heavy atom. The average Bonchev–Trinajstić information content (AvgIpc) is 2.99. The molecule has 0 bridgehead atoms. The third kappa shape index (κ3) is 6.45. The van der Waals surface area contributed by atoms with Gasteiger partial charge in [-0.15, -0.1) is 24.0 Å². The zero-order valence-electron chi connectivity index (χ0n) is 15.1. The van der Waals surface area contributed by atoms with Crippen molar-refractivity contribution in [2.24, 2.45) is 12.0 Å². The highest BCUT2D eigenvalue weighted by molar-refractivity contribution is 14.0. The number of aromatic nitrogens is 2. The van der Waals surface area contributed by atoms with E-state index >= 15 is 0 Å². The number of aryl methyl sites for hydroxylation is 1. The van der Waals surface area contributed by atoms with Crippen molar-refractivity contribution in [3.8, 4) is 11.5 Å². The van der Waals surface area contributed by atoms with Crippen molar-refractivity contribution in [1.29, 1.82) is 0 Å². The van der Waals surface area contributed by atoms with Gasteiger partial charge in [-0.2, -0.15) is 5.10 Å². The fourth-order valence-corrected chi connectivity index (χ4v) is 2.19. The quantitative estimate of drug-likeness (QED) is 0.379. The first-order valence-electron chi connectivity index (χ1n) is 8.00. The van der Waals surface area contributed by atoms with E-state index in [-0.39, 0.29) is 24.0 Å². The first-order valence-corrected chi connectivity index (χ1v) is 8.00. The third-order valence-corrected chi connectivity index (χ3v) is 3.25. The molecule has 0 saturated heterocycles. The molecule has 7 nitrogen and oxygen atoms in total. The molecule has 0 atom stereocenters. The molecule has 0 saturated carbocycles. The second kappa shape index (κ2) is 10.8. The largest absolute Gasteiger partial charge is 0.493 e. The molecular weight excluding hydrogens is 433 g/mol. The van der Waals surface area contributed by atoms with Crippen LogP contribution in [0.1, 0.15) is 19.4 Å². The maximum Gasteiger partial charge on any atom is 0.196 e. The maximum atomic E-state index is 5.61. The number of rotatable bonds is 7. The monoisotopic (exact) mass is 459 g/mol. The molecule has 138 valence electrons. The van der Waals surface area contributed by atoms with Crippen LogP contribution in [0.2, 0.25) is 0 Å². The van der Waals surface area contributed by atoms with Gasteiger partial charge in [0.15, 0.2) is 17.5 Å². The topological polar surface area (TPSA) is 72.7 Å². The molecule has 0 radical (unpaired) electrons. The Kier molecular flexibility index (Phi) is 9.11. The number of ether oxygens (including phenoxy) is 2. The van der Waals surface area contributed by atoms with Crippen LogP contribution in [-0.4, -0.2) is 36.0 Å². The lowest BCUT2D eigenvalue weighted by Gasteiger charge is -2.14. The number of anilines is 1. The number of benzene rings is 1. The Balaban J connectivity index is 0.00000312. The zero-order valence-corrected chi connectivity index (χ0v) is 17.4. The van der Waals surface area contributed by atoms with Crippen LogP contribution in [0.25, 0.3) is 0 Å². The summed E-state index contributed by atoms with van der Waals surface area (Å²) in [7, 11) is 3.52. The minimum Gasteiger partial charge on any atom is -0.493 e. The van der Waals surface area contributed by atoms with Crippen molar-refractivity contribution in [3.63, 3.8) is 0 Å². The lowest BCUT2D eigenvalue weighted by Crippen LogP contribution is -2.30. The maximum absolute atomic E-state index is 5.61. The van der Waals surface area contributed by atoms with Gasteiger partial charge in [0.1, 0.15) is 0 Å². The molecule has 25 heavy (non-hydrogen) atoms. The van der Waals surface area contributed by atoms with Gasteiger partial charge >= 0.3 is 0 Å². The number of nitrogens with zero attached hydrogens (tertiary/aromatic N) is 3.